The van der Waals surface area contributed by atoms with E-state index in [4.69, 9.17) is 12.2 Å². The Hall–Kier alpha value is -2.81. The summed E-state index contributed by atoms with van der Waals surface area (Å²) in [7, 11) is -3.58. The third-order valence-electron chi connectivity index (χ3n) is 3.30. The van der Waals surface area contributed by atoms with Crippen LogP contribution in [0, 0.1) is 0 Å². The number of sulfonamides is 1. The van der Waals surface area contributed by atoms with E-state index in [0.29, 0.717) is 5.69 Å². The van der Waals surface area contributed by atoms with Crippen molar-refractivity contribution in [2.75, 3.05) is 11.9 Å². The molecule has 2 rings (SSSR count). The lowest BCUT2D eigenvalue weighted by Gasteiger charge is -2.09. The van der Waals surface area contributed by atoms with Crippen molar-refractivity contribution in [2.24, 2.45) is 0 Å². The van der Waals surface area contributed by atoms with Gasteiger partial charge in [0.1, 0.15) is 0 Å². The van der Waals surface area contributed by atoms with Gasteiger partial charge in [-0.15, -0.1) is 6.58 Å². The van der Waals surface area contributed by atoms with Crippen LogP contribution in [0.25, 0.3) is 6.08 Å². The molecule has 27 heavy (non-hydrogen) atoms. The number of hydrogen-bond donors (Lipinski definition) is 3. The Bertz CT molecular complexity index is 938. The number of benzene rings is 2. The molecule has 0 unspecified atom stereocenters. The molecular weight excluding hydrogens is 382 g/mol. The molecule has 0 atom stereocenters. The molecule has 0 saturated heterocycles. The second-order valence-corrected chi connectivity index (χ2v) is 7.53. The highest BCUT2D eigenvalue weighted by atomic mass is 32.2. The largest absolute Gasteiger partial charge is 0.332 e. The van der Waals surface area contributed by atoms with Crippen molar-refractivity contribution in [3.8, 4) is 0 Å². The molecule has 0 saturated carbocycles. The van der Waals surface area contributed by atoms with Gasteiger partial charge in [-0.3, -0.25) is 10.1 Å². The number of rotatable bonds is 7. The van der Waals surface area contributed by atoms with E-state index < -0.39 is 10.0 Å². The van der Waals surface area contributed by atoms with Crippen LogP contribution in [0.1, 0.15) is 5.56 Å². The van der Waals surface area contributed by atoms with Crippen LogP contribution in [0.15, 0.2) is 78.2 Å². The topological polar surface area (TPSA) is 87.3 Å². The van der Waals surface area contributed by atoms with Crippen LogP contribution in [0.4, 0.5) is 5.69 Å². The third kappa shape index (κ3) is 6.78. The molecule has 3 N–H and O–H groups in total. The van der Waals surface area contributed by atoms with Crippen LogP contribution in [-0.2, 0) is 14.8 Å². The van der Waals surface area contributed by atoms with Gasteiger partial charge in [0.05, 0.1) is 4.90 Å². The number of nitrogens with one attached hydrogen (secondary N) is 3. The minimum Gasteiger partial charge on any atom is -0.332 e. The summed E-state index contributed by atoms with van der Waals surface area (Å²) in [4.78, 5) is 12.0. The molecule has 0 aliphatic heterocycles. The molecule has 0 aromatic heterocycles. The molecule has 0 fully saturated rings. The molecule has 0 aliphatic carbocycles. The van der Waals surface area contributed by atoms with Crippen molar-refractivity contribution in [3.63, 3.8) is 0 Å². The second kappa shape index (κ2) is 9.77. The smallest absolute Gasteiger partial charge is 0.250 e. The highest BCUT2D eigenvalue weighted by Gasteiger charge is 2.12. The number of amides is 1. The third-order valence-corrected chi connectivity index (χ3v) is 4.95. The van der Waals surface area contributed by atoms with Gasteiger partial charge in [-0.2, -0.15) is 0 Å². The first-order chi connectivity index (χ1) is 12.9. The fourth-order valence-corrected chi connectivity index (χ4v) is 3.24. The molecular formula is C19H19N3O3S2. The fraction of sp³-hybridized carbons (Fsp3) is 0.0526. The van der Waals surface area contributed by atoms with Crippen LogP contribution in [0.3, 0.4) is 0 Å². The molecule has 0 heterocycles. The molecule has 0 bridgehead atoms. The quantitative estimate of drug-likeness (QED) is 0.377. The van der Waals surface area contributed by atoms with Crippen LogP contribution in [0.2, 0.25) is 0 Å². The molecule has 0 spiro atoms. The van der Waals surface area contributed by atoms with Gasteiger partial charge in [0.25, 0.3) is 0 Å². The summed E-state index contributed by atoms with van der Waals surface area (Å²) in [5.41, 5.74) is 1.45. The Morgan fingerprint density at radius 3 is 2.37 bits per heavy atom. The summed E-state index contributed by atoms with van der Waals surface area (Å²) in [6.45, 7) is 3.62. The predicted octanol–water partition coefficient (Wildman–Crippen LogP) is 2.68. The van der Waals surface area contributed by atoms with Crippen molar-refractivity contribution < 1.29 is 13.2 Å². The monoisotopic (exact) mass is 401 g/mol. The molecule has 6 nitrogen and oxygen atoms in total. The van der Waals surface area contributed by atoms with Gasteiger partial charge in [0.15, 0.2) is 5.11 Å². The van der Waals surface area contributed by atoms with Crippen LogP contribution >= 0.6 is 12.2 Å². The summed E-state index contributed by atoms with van der Waals surface area (Å²) in [6, 6.07) is 15.4. The average Bonchev–Trinajstić information content (AvgIpc) is 2.66. The van der Waals surface area contributed by atoms with E-state index in [1.54, 1.807) is 18.2 Å². The SMILES string of the molecule is C=CCNS(=O)(=O)c1ccc(NC(=S)NC(=O)/C=C/c2ccccc2)cc1. The van der Waals surface area contributed by atoms with Crippen LogP contribution < -0.4 is 15.4 Å². The zero-order chi connectivity index (χ0) is 19.7. The van der Waals surface area contributed by atoms with E-state index in [1.165, 1.54) is 24.3 Å². The first kappa shape index (κ1) is 20.5. The Labute approximate surface area is 164 Å². The molecule has 0 aliphatic rings. The van der Waals surface area contributed by atoms with Gasteiger partial charge in [-0.1, -0.05) is 36.4 Å². The molecule has 2 aromatic rings. The van der Waals surface area contributed by atoms with E-state index in [0.717, 1.165) is 5.56 Å². The summed E-state index contributed by atoms with van der Waals surface area (Å²) >= 11 is 5.09. The minimum absolute atomic E-state index is 0.109. The lowest BCUT2D eigenvalue weighted by molar-refractivity contribution is -0.115. The van der Waals surface area contributed by atoms with Gasteiger partial charge < -0.3 is 5.32 Å². The fourth-order valence-electron chi connectivity index (χ4n) is 2.02. The van der Waals surface area contributed by atoms with Crippen molar-refractivity contribution in [2.45, 2.75) is 4.90 Å². The number of carbonyl (C=O) groups excluding carboxylic acids is 1. The Morgan fingerprint density at radius 2 is 1.74 bits per heavy atom. The average molecular weight is 402 g/mol. The zero-order valence-electron chi connectivity index (χ0n) is 14.4. The van der Waals surface area contributed by atoms with Gasteiger partial charge in [-0.25, -0.2) is 13.1 Å². The minimum atomic E-state index is -3.58. The molecule has 2 aromatic carbocycles. The molecule has 1 amide bonds. The molecule has 8 heteroatoms. The number of thiocarbonyl (C=S) groups is 1. The Kier molecular flexibility index (Phi) is 7.42. The maximum Gasteiger partial charge on any atom is 0.250 e. The molecule has 140 valence electrons. The van der Waals surface area contributed by atoms with E-state index >= 15 is 0 Å². The number of hydrogen-bond acceptors (Lipinski definition) is 4. The Morgan fingerprint density at radius 1 is 1.07 bits per heavy atom. The van der Waals surface area contributed by atoms with Crippen molar-refractivity contribution in [1.29, 1.82) is 0 Å². The second-order valence-electron chi connectivity index (χ2n) is 5.35. The van der Waals surface area contributed by atoms with E-state index in [-0.39, 0.29) is 22.5 Å². The van der Waals surface area contributed by atoms with Crippen molar-refractivity contribution >= 4 is 45.0 Å². The first-order valence-corrected chi connectivity index (χ1v) is 9.85. The summed E-state index contributed by atoms with van der Waals surface area (Å²) in [5.74, 6) is -0.371. The van der Waals surface area contributed by atoms with E-state index in [1.807, 2.05) is 30.3 Å². The standard InChI is InChI=1S/C19H19N3O3S2/c1-2-14-20-27(24,25)17-11-9-16(10-12-17)21-19(26)22-18(23)13-8-15-6-4-3-5-7-15/h2-13,20H,1,14H2,(H2,21,22,23,26)/b13-8+. The van der Waals surface area contributed by atoms with Crippen LogP contribution in [-0.4, -0.2) is 26.0 Å². The van der Waals surface area contributed by atoms with Crippen molar-refractivity contribution in [3.05, 3.63) is 78.9 Å². The van der Waals surface area contributed by atoms with Crippen molar-refractivity contribution in [1.82, 2.24) is 10.0 Å². The highest BCUT2D eigenvalue weighted by molar-refractivity contribution is 7.89. The van der Waals surface area contributed by atoms with Gasteiger partial charge in [-0.05, 0) is 48.1 Å². The van der Waals surface area contributed by atoms with Gasteiger partial charge in [0.2, 0.25) is 15.9 Å². The summed E-state index contributed by atoms with van der Waals surface area (Å²) in [6.07, 6.45) is 4.51. The highest BCUT2D eigenvalue weighted by Crippen LogP contribution is 2.13. The normalized spacial score (nSPS) is 11.1. The van der Waals surface area contributed by atoms with Gasteiger partial charge >= 0.3 is 0 Å². The summed E-state index contributed by atoms with van der Waals surface area (Å²) < 4.78 is 26.4. The Balaban J connectivity index is 1.91. The maximum atomic E-state index is 12.0. The number of carbonyl (C=O) groups is 1. The lowest BCUT2D eigenvalue weighted by atomic mass is 10.2. The maximum absolute atomic E-state index is 12.0. The summed E-state index contributed by atoms with van der Waals surface area (Å²) in [5, 5.41) is 5.46. The predicted molar refractivity (Wildman–Crippen MR) is 112 cm³/mol. The number of anilines is 1. The van der Waals surface area contributed by atoms with Gasteiger partial charge in [0, 0.05) is 18.3 Å². The van der Waals surface area contributed by atoms with E-state index in [2.05, 4.69) is 21.9 Å². The molecule has 0 radical (unpaired) electrons. The lowest BCUT2D eigenvalue weighted by Crippen LogP contribution is -2.32. The first-order valence-electron chi connectivity index (χ1n) is 7.96. The zero-order valence-corrected chi connectivity index (χ0v) is 16.0. The van der Waals surface area contributed by atoms with Crippen LogP contribution in [0.5, 0.6) is 0 Å². The van der Waals surface area contributed by atoms with E-state index in [9.17, 15) is 13.2 Å².